The van der Waals surface area contributed by atoms with Crippen molar-refractivity contribution in [1.29, 1.82) is 0 Å². The number of anilines is 1. The Bertz CT molecular complexity index is 753. The molecule has 162 valence electrons. The molecule has 0 bridgehead atoms. The topological polar surface area (TPSA) is 145 Å². The van der Waals surface area contributed by atoms with E-state index in [-0.39, 0.29) is 12.8 Å². The molecule has 0 fully saturated rings. The Balaban J connectivity index is 2.47. The molecule has 29 heavy (non-hydrogen) atoms. The highest BCUT2D eigenvalue weighted by Gasteiger charge is 2.15. The second kappa shape index (κ2) is 13.4. The van der Waals surface area contributed by atoms with Crippen molar-refractivity contribution in [1.82, 2.24) is 14.9 Å². The van der Waals surface area contributed by atoms with Crippen LogP contribution in [-0.4, -0.2) is 34.0 Å². The quantitative estimate of drug-likeness (QED) is 0.350. The molecule has 11 heteroatoms. The molecule has 4 N–H and O–H groups in total. The number of hydrogen-bond donors (Lipinski definition) is 3. The van der Waals surface area contributed by atoms with Crippen molar-refractivity contribution in [2.24, 2.45) is 5.90 Å². The first-order valence-electron chi connectivity index (χ1n) is 9.65. The maximum Gasteiger partial charge on any atom is 0.358 e. The molecule has 0 atom stereocenters. The van der Waals surface area contributed by atoms with Crippen molar-refractivity contribution in [2.45, 2.75) is 64.7 Å². The largest absolute Gasteiger partial charge is 0.373 e. The lowest BCUT2D eigenvalue weighted by molar-refractivity contribution is -0.144. The average Bonchev–Trinajstić information content (AvgIpc) is 2.69. The van der Waals surface area contributed by atoms with Gasteiger partial charge in [-0.3, -0.25) is 9.59 Å². The van der Waals surface area contributed by atoms with Crippen molar-refractivity contribution in [3.63, 3.8) is 0 Å². The number of unbranched alkanes of at least 4 members (excludes halogenated alkanes) is 5. The Morgan fingerprint density at radius 3 is 2.48 bits per heavy atom. The number of carbonyl (C=O) groups excluding carboxylic acids is 3. The van der Waals surface area contributed by atoms with Crippen LogP contribution in [0.4, 0.5) is 15.0 Å². The monoisotopic (exact) mass is 413 g/mol. The summed E-state index contributed by atoms with van der Waals surface area (Å²) in [4.78, 5) is 54.1. The summed E-state index contributed by atoms with van der Waals surface area (Å²) in [5.74, 6) is 2.23. The normalized spacial score (nSPS) is 10.4. The van der Waals surface area contributed by atoms with Crippen molar-refractivity contribution in [3.8, 4) is 0 Å². The highest BCUT2D eigenvalue weighted by atomic mass is 19.1. The second-order valence-corrected chi connectivity index (χ2v) is 6.48. The van der Waals surface area contributed by atoms with Gasteiger partial charge in [-0.25, -0.2) is 18.5 Å². The van der Waals surface area contributed by atoms with E-state index >= 15 is 0 Å². The highest BCUT2D eigenvalue weighted by molar-refractivity contribution is 5.89. The standard InChI is InChI=1S/C18H28FN5O5/c1-2-3-8-11-21-17(27)24-12-13(19)16(23-18(24)28)22-14(25)9-6-4-5-7-10-15(26)29-20/h12H,2-11,20H2,1H3,(H,21,27)(H,22,23,25,28). The zero-order valence-corrected chi connectivity index (χ0v) is 16.5. The molecule has 1 heterocycles. The fourth-order valence-corrected chi connectivity index (χ4v) is 2.48. The van der Waals surface area contributed by atoms with Crippen LogP contribution in [0.15, 0.2) is 11.0 Å². The molecule has 0 spiro atoms. The average molecular weight is 413 g/mol. The third kappa shape index (κ3) is 9.28. The molecule has 1 aromatic heterocycles. The number of nitrogens with two attached hydrogens (primary N) is 1. The van der Waals surface area contributed by atoms with Crippen LogP contribution in [0.3, 0.4) is 0 Å². The molecule has 0 saturated heterocycles. The molecule has 0 saturated carbocycles. The Labute approximate surface area is 168 Å². The van der Waals surface area contributed by atoms with E-state index in [1.807, 2.05) is 6.92 Å². The first-order chi connectivity index (χ1) is 13.9. The predicted molar refractivity (Wildman–Crippen MR) is 103 cm³/mol. The van der Waals surface area contributed by atoms with E-state index in [1.54, 1.807) is 0 Å². The number of carbonyl (C=O) groups is 3. The highest BCUT2D eigenvalue weighted by Crippen LogP contribution is 2.10. The van der Waals surface area contributed by atoms with E-state index in [2.05, 4.69) is 20.5 Å². The van der Waals surface area contributed by atoms with Gasteiger partial charge in [-0.05, 0) is 19.3 Å². The lowest BCUT2D eigenvalue weighted by Gasteiger charge is -2.09. The van der Waals surface area contributed by atoms with Crippen LogP contribution in [0.2, 0.25) is 0 Å². The van der Waals surface area contributed by atoms with Gasteiger partial charge in [0.05, 0.1) is 6.20 Å². The number of amides is 2. The van der Waals surface area contributed by atoms with Crippen molar-refractivity contribution < 1.29 is 23.6 Å². The van der Waals surface area contributed by atoms with Crippen molar-refractivity contribution >= 4 is 23.7 Å². The molecule has 0 unspecified atom stereocenters. The Morgan fingerprint density at radius 1 is 1.14 bits per heavy atom. The summed E-state index contributed by atoms with van der Waals surface area (Å²) < 4.78 is 14.7. The third-order valence-corrected chi connectivity index (χ3v) is 4.08. The van der Waals surface area contributed by atoms with Crippen LogP contribution >= 0.6 is 0 Å². The van der Waals surface area contributed by atoms with Crippen LogP contribution in [0, 0.1) is 5.82 Å². The number of aromatic nitrogens is 2. The van der Waals surface area contributed by atoms with Crippen LogP contribution in [0.25, 0.3) is 0 Å². The fraction of sp³-hybridized carbons (Fsp3) is 0.611. The first kappa shape index (κ1) is 24.2. The van der Waals surface area contributed by atoms with Gasteiger partial charge in [-0.2, -0.15) is 10.9 Å². The Hall–Kier alpha value is -2.82. The molecule has 0 aliphatic rings. The number of halogens is 1. The second-order valence-electron chi connectivity index (χ2n) is 6.48. The minimum atomic E-state index is -0.985. The number of hydrogen-bond acceptors (Lipinski definition) is 7. The molecular formula is C18H28FN5O5. The van der Waals surface area contributed by atoms with E-state index < -0.39 is 35.2 Å². The molecule has 1 aromatic rings. The smallest absolute Gasteiger partial charge is 0.358 e. The molecule has 0 aliphatic heterocycles. The summed E-state index contributed by atoms with van der Waals surface area (Å²) in [6, 6.07) is -0.770. The van der Waals surface area contributed by atoms with Crippen LogP contribution in [-0.2, 0) is 14.4 Å². The van der Waals surface area contributed by atoms with E-state index in [0.717, 1.165) is 19.3 Å². The van der Waals surface area contributed by atoms with Crippen LogP contribution in [0.5, 0.6) is 0 Å². The minimum Gasteiger partial charge on any atom is -0.373 e. The first-order valence-corrected chi connectivity index (χ1v) is 9.65. The fourth-order valence-electron chi connectivity index (χ4n) is 2.48. The lowest BCUT2D eigenvalue weighted by atomic mass is 10.1. The molecule has 10 nitrogen and oxygen atoms in total. The van der Waals surface area contributed by atoms with Crippen LogP contribution in [0.1, 0.15) is 64.7 Å². The molecule has 0 aliphatic carbocycles. The number of rotatable bonds is 12. The Kier molecular flexibility index (Phi) is 11.2. The molecular weight excluding hydrogens is 385 g/mol. The van der Waals surface area contributed by atoms with Gasteiger partial charge in [0.1, 0.15) is 0 Å². The summed E-state index contributed by atoms with van der Waals surface area (Å²) >= 11 is 0. The van der Waals surface area contributed by atoms with Gasteiger partial charge in [0.2, 0.25) is 5.91 Å². The maximum atomic E-state index is 14.1. The van der Waals surface area contributed by atoms with Gasteiger partial charge < -0.3 is 15.5 Å². The van der Waals surface area contributed by atoms with Gasteiger partial charge >= 0.3 is 17.7 Å². The summed E-state index contributed by atoms with van der Waals surface area (Å²) in [5, 5.41) is 4.75. The lowest BCUT2D eigenvalue weighted by Crippen LogP contribution is -2.38. The minimum absolute atomic E-state index is 0.101. The third-order valence-electron chi connectivity index (χ3n) is 4.08. The van der Waals surface area contributed by atoms with Gasteiger partial charge in [-0.15, -0.1) is 0 Å². The van der Waals surface area contributed by atoms with Gasteiger partial charge in [0.25, 0.3) is 0 Å². The maximum absolute atomic E-state index is 14.1. The summed E-state index contributed by atoms with van der Waals surface area (Å²) in [6.45, 7) is 2.38. The Morgan fingerprint density at radius 2 is 1.83 bits per heavy atom. The predicted octanol–water partition coefficient (Wildman–Crippen LogP) is 1.83. The molecule has 0 aromatic carbocycles. The van der Waals surface area contributed by atoms with Gasteiger partial charge in [0, 0.05) is 19.4 Å². The van der Waals surface area contributed by atoms with Crippen LogP contribution < -0.4 is 22.2 Å². The van der Waals surface area contributed by atoms with Crippen molar-refractivity contribution in [3.05, 3.63) is 22.5 Å². The summed E-state index contributed by atoms with van der Waals surface area (Å²) in [7, 11) is 0. The van der Waals surface area contributed by atoms with Gasteiger partial charge in [0.15, 0.2) is 11.6 Å². The van der Waals surface area contributed by atoms with E-state index in [1.165, 1.54) is 0 Å². The van der Waals surface area contributed by atoms with E-state index in [4.69, 9.17) is 5.90 Å². The molecule has 0 radical (unpaired) electrons. The van der Waals surface area contributed by atoms with Gasteiger partial charge in [-0.1, -0.05) is 32.6 Å². The van der Waals surface area contributed by atoms with E-state index in [9.17, 15) is 23.6 Å². The molecule has 2 amide bonds. The number of nitrogens with zero attached hydrogens (tertiary/aromatic N) is 2. The SMILES string of the molecule is CCCCCNC(=O)n1cc(F)c(NC(=O)CCCCCCC(=O)ON)nc1=O. The summed E-state index contributed by atoms with van der Waals surface area (Å²) in [5.41, 5.74) is -0.985. The zero-order valence-electron chi connectivity index (χ0n) is 16.5. The molecule has 1 rings (SSSR count). The van der Waals surface area contributed by atoms with E-state index in [0.29, 0.717) is 43.0 Å². The summed E-state index contributed by atoms with van der Waals surface area (Å²) in [6.07, 6.45) is 6.16. The van der Waals surface area contributed by atoms with Crippen molar-refractivity contribution in [2.75, 3.05) is 11.9 Å². The number of nitrogens with one attached hydrogen (secondary N) is 2. The zero-order chi connectivity index (χ0) is 21.6.